The molecular formula is C5H12N2S2. The maximum Gasteiger partial charge on any atom is 0.0112 e. The molecule has 0 saturated carbocycles. The first kappa shape index (κ1) is 7.72. The summed E-state index contributed by atoms with van der Waals surface area (Å²) in [6.07, 6.45) is 2.24. The average molecular weight is 164 g/mol. The number of rotatable bonds is 1. The summed E-state index contributed by atoms with van der Waals surface area (Å²) in [5.74, 6) is 0. The van der Waals surface area contributed by atoms with Crippen LogP contribution in [-0.2, 0) is 0 Å². The Balaban J connectivity index is 2.18. The Morgan fingerprint density at radius 1 is 1.44 bits per heavy atom. The van der Waals surface area contributed by atoms with Crippen LogP contribution in [0.3, 0.4) is 0 Å². The number of hydrogen-bond acceptors (Lipinski definition) is 4. The molecule has 0 aromatic heterocycles. The van der Waals surface area contributed by atoms with Crippen LogP contribution in [0.2, 0.25) is 0 Å². The molecule has 1 aliphatic rings. The topological polar surface area (TPSA) is 29.3 Å². The molecule has 0 aliphatic carbocycles. The molecule has 0 atom stereocenters. The summed E-state index contributed by atoms with van der Waals surface area (Å²) in [7, 11) is 1.52. The van der Waals surface area contributed by atoms with Gasteiger partial charge < -0.3 is 5.73 Å². The van der Waals surface area contributed by atoms with Crippen molar-refractivity contribution in [2.45, 2.75) is 18.9 Å². The van der Waals surface area contributed by atoms with Gasteiger partial charge in [0.25, 0.3) is 0 Å². The second kappa shape index (κ2) is 3.71. The fourth-order valence-electron chi connectivity index (χ4n) is 0.957. The second-order valence-corrected chi connectivity index (χ2v) is 3.52. The molecule has 0 radical (unpaired) electrons. The molecule has 4 heteroatoms. The van der Waals surface area contributed by atoms with Crippen molar-refractivity contribution in [2.24, 2.45) is 5.73 Å². The fraction of sp³-hybridized carbons (Fsp3) is 1.00. The number of hydrogen-bond donors (Lipinski definition) is 2. The van der Waals surface area contributed by atoms with Crippen LogP contribution in [0.4, 0.5) is 0 Å². The highest BCUT2D eigenvalue weighted by atomic mass is 33.1. The first-order valence-electron chi connectivity index (χ1n) is 3.15. The van der Waals surface area contributed by atoms with Crippen molar-refractivity contribution in [1.29, 1.82) is 0 Å². The van der Waals surface area contributed by atoms with Gasteiger partial charge in [0.1, 0.15) is 0 Å². The van der Waals surface area contributed by atoms with Crippen molar-refractivity contribution >= 4 is 22.6 Å². The molecule has 0 spiro atoms. The van der Waals surface area contributed by atoms with Crippen molar-refractivity contribution in [1.82, 2.24) is 4.31 Å². The third-order valence-electron chi connectivity index (χ3n) is 1.61. The van der Waals surface area contributed by atoms with Crippen LogP contribution >= 0.6 is 22.6 Å². The molecule has 0 aromatic carbocycles. The normalized spacial score (nSPS) is 24.7. The second-order valence-electron chi connectivity index (χ2n) is 2.35. The van der Waals surface area contributed by atoms with Crippen molar-refractivity contribution < 1.29 is 0 Å². The van der Waals surface area contributed by atoms with E-state index in [0.717, 1.165) is 25.9 Å². The summed E-state index contributed by atoms with van der Waals surface area (Å²) in [5.41, 5.74) is 5.69. The maximum absolute atomic E-state index is 5.69. The Bertz CT molecular complexity index is 81.0. The van der Waals surface area contributed by atoms with Crippen molar-refractivity contribution in [3.8, 4) is 0 Å². The summed E-state index contributed by atoms with van der Waals surface area (Å²) in [4.78, 5) is 0. The minimum atomic E-state index is 0.432. The van der Waals surface area contributed by atoms with Crippen molar-refractivity contribution in [3.63, 3.8) is 0 Å². The molecule has 1 fully saturated rings. The first-order chi connectivity index (χ1) is 4.33. The third-order valence-corrected chi connectivity index (χ3v) is 2.90. The summed E-state index contributed by atoms with van der Waals surface area (Å²) in [6.45, 7) is 2.19. The van der Waals surface area contributed by atoms with E-state index in [1.807, 2.05) is 0 Å². The summed E-state index contributed by atoms with van der Waals surface area (Å²) < 4.78 is 2.23. The Hall–Kier alpha value is 0.620. The van der Waals surface area contributed by atoms with Crippen molar-refractivity contribution in [3.05, 3.63) is 0 Å². The SMILES string of the molecule is NC1CCN(SS)CC1. The van der Waals surface area contributed by atoms with E-state index < -0.39 is 0 Å². The molecule has 2 N–H and O–H groups in total. The highest BCUT2D eigenvalue weighted by Gasteiger charge is 2.14. The summed E-state index contributed by atoms with van der Waals surface area (Å²) in [6, 6.07) is 0.432. The molecule has 0 amide bonds. The van der Waals surface area contributed by atoms with Gasteiger partial charge in [-0.05, 0) is 23.8 Å². The molecule has 0 aromatic rings. The van der Waals surface area contributed by atoms with Crippen LogP contribution in [0.5, 0.6) is 0 Å². The third kappa shape index (κ3) is 2.37. The number of nitrogens with two attached hydrogens (primary N) is 1. The van der Waals surface area contributed by atoms with Gasteiger partial charge in [-0.2, -0.15) is 0 Å². The van der Waals surface area contributed by atoms with Gasteiger partial charge in [0.15, 0.2) is 0 Å². The number of thiol groups is 1. The van der Waals surface area contributed by atoms with E-state index in [9.17, 15) is 0 Å². The molecule has 2 nitrogen and oxygen atoms in total. The molecule has 1 rings (SSSR count). The summed E-state index contributed by atoms with van der Waals surface area (Å²) >= 11 is 4.09. The lowest BCUT2D eigenvalue weighted by Gasteiger charge is -2.26. The largest absolute Gasteiger partial charge is 0.328 e. The van der Waals surface area contributed by atoms with E-state index in [1.54, 1.807) is 0 Å². The van der Waals surface area contributed by atoms with E-state index in [-0.39, 0.29) is 0 Å². The molecule has 1 aliphatic heterocycles. The van der Waals surface area contributed by atoms with Gasteiger partial charge in [0.05, 0.1) is 0 Å². The van der Waals surface area contributed by atoms with E-state index >= 15 is 0 Å². The monoisotopic (exact) mass is 164 g/mol. The highest BCUT2D eigenvalue weighted by molar-refractivity contribution is 8.67. The van der Waals surface area contributed by atoms with Crippen molar-refractivity contribution in [2.75, 3.05) is 13.1 Å². The Morgan fingerprint density at radius 3 is 2.44 bits per heavy atom. The molecule has 9 heavy (non-hydrogen) atoms. The lowest BCUT2D eigenvalue weighted by Crippen LogP contribution is -2.35. The molecule has 1 saturated heterocycles. The standard InChI is InChI=1S/C5H12N2S2/c6-5-1-3-7(9-8)4-2-5/h5,8H,1-4,6H2. The Kier molecular flexibility index (Phi) is 3.18. The Morgan fingerprint density at radius 2 is 2.00 bits per heavy atom. The fourth-order valence-corrected chi connectivity index (χ4v) is 1.82. The van der Waals surface area contributed by atoms with Crippen LogP contribution < -0.4 is 5.73 Å². The maximum atomic E-state index is 5.69. The first-order valence-corrected chi connectivity index (χ1v) is 4.97. The lowest BCUT2D eigenvalue weighted by atomic mass is 10.1. The minimum Gasteiger partial charge on any atom is -0.328 e. The summed E-state index contributed by atoms with van der Waals surface area (Å²) in [5, 5.41) is 0. The Labute approximate surface area is 65.1 Å². The number of piperidine rings is 1. The zero-order valence-corrected chi connectivity index (χ0v) is 7.00. The van der Waals surface area contributed by atoms with Crippen LogP contribution in [0.15, 0.2) is 0 Å². The highest BCUT2D eigenvalue weighted by Crippen LogP contribution is 2.19. The van der Waals surface area contributed by atoms with Gasteiger partial charge >= 0.3 is 0 Å². The predicted octanol–water partition coefficient (Wildman–Crippen LogP) is 0.902. The molecular weight excluding hydrogens is 152 g/mol. The van der Waals surface area contributed by atoms with Crippen LogP contribution in [0.25, 0.3) is 0 Å². The minimum absolute atomic E-state index is 0.432. The van der Waals surface area contributed by atoms with Gasteiger partial charge in [-0.25, -0.2) is 4.31 Å². The zero-order valence-electron chi connectivity index (χ0n) is 5.29. The predicted molar refractivity (Wildman–Crippen MR) is 45.4 cm³/mol. The molecule has 0 unspecified atom stereocenters. The van der Waals surface area contributed by atoms with Crippen LogP contribution in [0.1, 0.15) is 12.8 Å². The van der Waals surface area contributed by atoms with E-state index in [4.69, 9.17) is 5.73 Å². The van der Waals surface area contributed by atoms with Crippen LogP contribution in [0, 0.1) is 0 Å². The van der Waals surface area contributed by atoms with E-state index in [2.05, 4.69) is 16.0 Å². The number of nitrogens with zero attached hydrogens (tertiary/aromatic N) is 1. The van der Waals surface area contributed by atoms with Gasteiger partial charge in [-0.3, -0.25) is 0 Å². The lowest BCUT2D eigenvalue weighted by molar-refractivity contribution is 0.349. The van der Waals surface area contributed by atoms with Gasteiger partial charge in [-0.1, -0.05) is 11.7 Å². The van der Waals surface area contributed by atoms with Gasteiger partial charge in [-0.15, -0.1) is 0 Å². The van der Waals surface area contributed by atoms with Gasteiger partial charge in [0, 0.05) is 19.1 Å². The average Bonchev–Trinajstić information content (AvgIpc) is 1.90. The molecule has 1 heterocycles. The van der Waals surface area contributed by atoms with Crippen LogP contribution in [-0.4, -0.2) is 23.4 Å². The van der Waals surface area contributed by atoms with E-state index in [1.165, 1.54) is 11.0 Å². The molecule has 0 bridgehead atoms. The zero-order chi connectivity index (χ0) is 6.69. The smallest absolute Gasteiger partial charge is 0.0112 e. The van der Waals surface area contributed by atoms with E-state index in [0.29, 0.717) is 6.04 Å². The van der Waals surface area contributed by atoms with Gasteiger partial charge in [0.2, 0.25) is 0 Å². The quantitative estimate of drug-likeness (QED) is 0.343. The molecule has 54 valence electrons.